The summed E-state index contributed by atoms with van der Waals surface area (Å²) in [6.07, 6.45) is 0.825. The van der Waals surface area contributed by atoms with Crippen LogP contribution < -0.4 is 4.74 Å². The van der Waals surface area contributed by atoms with Crippen molar-refractivity contribution in [1.82, 2.24) is 0 Å². The molecule has 0 saturated heterocycles. The van der Waals surface area contributed by atoms with Crippen LogP contribution in [0.15, 0.2) is 27.3 Å². The lowest BCUT2D eigenvalue weighted by Gasteiger charge is -2.20. The second-order valence-corrected chi connectivity index (χ2v) is 5.44. The zero-order valence-electron chi connectivity index (χ0n) is 11.5. The number of furan rings is 1. The van der Waals surface area contributed by atoms with E-state index < -0.39 is 6.10 Å². The second-order valence-electron chi connectivity index (χ2n) is 4.58. The molecule has 1 unspecified atom stereocenters. The molecule has 0 radical (unpaired) electrons. The predicted octanol–water partition coefficient (Wildman–Crippen LogP) is 4.06. The summed E-state index contributed by atoms with van der Waals surface area (Å²) in [7, 11) is 1.62. The number of methoxy groups -OCH3 is 1. The molecule has 0 saturated carbocycles. The van der Waals surface area contributed by atoms with Gasteiger partial charge < -0.3 is 14.3 Å². The number of ether oxygens (including phenoxy) is 1. The highest BCUT2D eigenvalue weighted by molar-refractivity contribution is 9.10. The molecule has 2 aromatic rings. The van der Waals surface area contributed by atoms with Crippen LogP contribution in [0.5, 0.6) is 5.75 Å². The number of aryl methyl sites for hydroxylation is 2. The maximum absolute atomic E-state index is 10.6. The summed E-state index contributed by atoms with van der Waals surface area (Å²) in [6, 6.07) is 3.78. The maximum atomic E-state index is 10.6. The van der Waals surface area contributed by atoms with Gasteiger partial charge in [-0.25, -0.2) is 0 Å². The molecule has 0 aliphatic rings. The third-order valence-corrected chi connectivity index (χ3v) is 4.20. The molecule has 0 spiro atoms. The van der Waals surface area contributed by atoms with Crippen molar-refractivity contribution < 1.29 is 14.3 Å². The van der Waals surface area contributed by atoms with E-state index in [2.05, 4.69) is 15.9 Å². The Kier molecular flexibility index (Phi) is 4.02. The van der Waals surface area contributed by atoms with Crippen LogP contribution in [0, 0.1) is 20.8 Å². The summed E-state index contributed by atoms with van der Waals surface area (Å²) in [5.41, 5.74) is 3.49. The fourth-order valence-corrected chi connectivity index (χ4v) is 2.87. The minimum absolute atomic E-state index is 0.714. The molecular weight excluding hydrogens is 308 g/mol. The Balaban J connectivity index is 2.64. The summed E-state index contributed by atoms with van der Waals surface area (Å²) in [6.45, 7) is 5.76. The van der Waals surface area contributed by atoms with Gasteiger partial charge in [0.05, 0.1) is 13.4 Å². The lowest BCUT2D eigenvalue weighted by Crippen LogP contribution is -2.07. The van der Waals surface area contributed by atoms with E-state index in [4.69, 9.17) is 9.15 Å². The lowest BCUT2D eigenvalue weighted by atomic mass is 9.94. The zero-order valence-corrected chi connectivity index (χ0v) is 13.0. The fourth-order valence-electron chi connectivity index (χ4n) is 2.31. The van der Waals surface area contributed by atoms with E-state index in [9.17, 15) is 5.11 Å². The van der Waals surface area contributed by atoms with E-state index in [0.29, 0.717) is 11.5 Å². The van der Waals surface area contributed by atoms with E-state index >= 15 is 0 Å². The molecule has 1 atom stereocenters. The van der Waals surface area contributed by atoms with Gasteiger partial charge in [-0.1, -0.05) is 15.9 Å². The van der Waals surface area contributed by atoms with Crippen LogP contribution in [-0.2, 0) is 0 Å². The van der Waals surface area contributed by atoms with Gasteiger partial charge in [-0.05, 0) is 44.0 Å². The van der Waals surface area contributed by atoms with Crippen LogP contribution in [0.1, 0.15) is 34.1 Å². The van der Waals surface area contributed by atoms with Gasteiger partial charge in [-0.2, -0.15) is 0 Å². The Morgan fingerprint density at radius 3 is 2.53 bits per heavy atom. The average Bonchev–Trinajstić information content (AvgIpc) is 2.79. The van der Waals surface area contributed by atoms with Crippen molar-refractivity contribution in [2.75, 3.05) is 7.11 Å². The van der Waals surface area contributed by atoms with Crippen molar-refractivity contribution in [3.63, 3.8) is 0 Å². The van der Waals surface area contributed by atoms with Crippen LogP contribution in [-0.4, -0.2) is 12.2 Å². The average molecular weight is 325 g/mol. The first kappa shape index (κ1) is 14.2. The molecule has 3 nitrogen and oxygen atoms in total. The first-order valence-corrected chi connectivity index (χ1v) is 6.82. The summed E-state index contributed by atoms with van der Waals surface area (Å²) in [5, 5.41) is 10.6. The monoisotopic (exact) mass is 324 g/mol. The molecule has 0 bridgehead atoms. The summed E-state index contributed by atoms with van der Waals surface area (Å²) in [5.74, 6) is 1.43. The molecule has 2 rings (SSSR count). The molecule has 0 aliphatic heterocycles. The van der Waals surface area contributed by atoms with Crippen LogP contribution in [0.3, 0.4) is 0 Å². The Hall–Kier alpha value is -1.26. The number of aliphatic hydroxyl groups excluding tert-OH is 1. The molecule has 0 amide bonds. The molecule has 0 fully saturated rings. The Bertz CT molecular complexity index is 602. The quantitative estimate of drug-likeness (QED) is 0.925. The van der Waals surface area contributed by atoms with Crippen molar-refractivity contribution in [1.29, 1.82) is 0 Å². The number of hydrogen-bond donors (Lipinski definition) is 1. The van der Waals surface area contributed by atoms with E-state index in [1.807, 2.05) is 26.8 Å². The summed E-state index contributed by atoms with van der Waals surface area (Å²) in [4.78, 5) is 0. The van der Waals surface area contributed by atoms with Crippen molar-refractivity contribution >= 4 is 15.9 Å². The first-order chi connectivity index (χ1) is 8.97. The topological polar surface area (TPSA) is 42.6 Å². The molecule has 1 N–H and O–H groups in total. The number of hydrogen-bond acceptors (Lipinski definition) is 3. The summed E-state index contributed by atoms with van der Waals surface area (Å²) >= 11 is 3.52. The largest absolute Gasteiger partial charge is 0.496 e. The molecule has 19 heavy (non-hydrogen) atoms. The van der Waals surface area contributed by atoms with E-state index in [1.165, 1.54) is 0 Å². The highest BCUT2D eigenvalue weighted by Crippen LogP contribution is 2.39. The van der Waals surface area contributed by atoms with Gasteiger partial charge in [-0.3, -0.25) is 0 Å². The van der Waals surface area contributed by atoms with Crippen LogP contribution >= 0.6 is 15.9 Å². The maximum Gasteiger partial charge on any atom is 0.128 e. The SMILES string of the molecule is COc1c(C)cc(Br)c(C)c1C(O)c1ccoc1C. The zero-order chi connectivity index (χ0) is 14.2. The van der Waals surface area contributed by atoms with E-state index in [1.54, 1.807) is 19.4 Å². The third kappa shape index (κ3) is 2.42. The Labute approximate surface area is 121 Å². The van der Waals surface area contributed by atoms with Gasteiger partial charge in [0, 0.05) is 15.6 Å². The minimum Gasteiger partial charge on any atom is -0.496 e. The highest BCUT2D eigenvalue weighted by Gasteiger charge is 2.23. The van der Waals surface area contributed by atoms with Gasteiger partial charge in [-0.15, -0.1) is 0 Å². The van der Waals surface area contributed by atoms with E-state index in [-0.39, 0.29) is 0 Å². The number of aliphatic hydroxyl groups is 1. The molecule has 102 valence electrons. The molecular formula is C15H17BrO3. The smallest absolute Gasteiger partial charge is 0.128 e. The molecule has 1 aromatic carbocycles. The summed E-state index contributed by atoms with van der Waals surface area (Å²) < 4.78 is 11.7. The van der Waals surface area contributed by atoms with Crippen LogP contribution in [0.25, 0.3) is 0 Å². The third-order valence-electron chi connectivity index (χ3n) is 3.38. The number of rotatable bonds is 3. The molecule has 1 aromatic heterocycles. The van der Waals surface area contributed by atoms with Gasteiger partial charge in [0.25, 0.3) is 0 Å². The first-order valence-electron chi connectivity index (χ1n) is 6.03. The molecule has 1 heterocycles. The fraction of sp³-hybridized carbons (Fsp3) is 0.333. The van der Waals surface area contributed by atoms with Gasteiger partial charge in [0.15, 0.2) is 0 Å². The van der Waals surface area contributed by atoms with Crippen LogP contribution in [0.4, 0.5) is 0 Å². The lowest BCUT2D eigenvalue weighted by molar-refractivity contribution is 0.211. The van der Waals surface area contributed by atoms with Gasteiger partial charge in [0.2, 0.25) is 0 Å². The second kappa shape index (κ2) is 5.39. The van der Waals surface area contributed by atoms with Crippen molar-refractivity contribution in [2.24, 2.45) is 0 Å². The van der Waals surface area contributed by atoms with Crippen molar-refractivity contribution in [3.8, 4) is 5.75 Å². The molecule has 0 aliphatic carbocycles. The van der Waals surface area contributed by atoms with Crippen LogP contribution in [0.2, 0.25) is 0 Å². The number of halogens is 1. The Morgan fingerprint density at radius 1 is 1.32 bits per heavy atom. The van der Waals surface area contributed by atoms with Gasteiger partial charge >= 0.3 is 0 Å². The Morgan fingerprint density at radius 2 is 2.00 bits per heavy atom. The predicted molar refractivity (Wildman–Crippen MR) is 77.7 cm³/mol. The standard InChI is InChI=1S/C15H17BrO3/c1-8-7-12(16)9(2)13(15(8)18-4)14(17)11-5-6-19-10(11)3/h5-7,14,17H,1-4H3. The normalized spacial score (nSPS) is 12.5. The minimum atomic E-state index is -0.759. The highest BCUT2D eigenvalue weighted by atomic mass is 79.9. The van der Waals surface area contributed by atoms with Crippen molar-refractivity contribution in [2.45, 2.75) is 26.9 Å². The van der Waals surface area contributed by atoms with E-state index in [0.717, 1.165) is 26.7 Å². The van der Waals surface area contributed by atoms with Crippen molar-refractivity contribution in [3.05, 3.63) is 50.9 Å². The molecule has 4 heteroatoms. The number of benzene rings is 1. The van der Waals surface area contributed by atoms with Gasteiger partial charge in [0.1, 0.15) is 17.6 Å².